The molecular formula is C17H16FN3O. The summed E-state index contributed by atoms with van der Waals surface area (Å²) >= 11 is 0. The van der Waals surface area contributed by atoms with E-state index in [0.29, 0.717) is 6.42 Å². The molecule has 22 heavy (non-hydrogen) atoms. The number of carbonyl (C=O) groups excluding carboxylic acids is 1. The Morgan fingerprint density at radius 2 is 2.09 bits per heavy atom. The summed E-state index contributed by atoms with van der Waals surface area (Å²) in [6.45, 7) is 0. The number of nitrogens with zero attached hydrogens (tertiary/aromatic N) is 3. The van der Waals surface area contributed by atoms with Gasteiger partial charge in [-0.1, -0.05) is 12.1 Å². The Morgan fingerprint density at radius 3 is 2.91 bits per heavy atom. The fourth-order valence-corrected chi connectivity index (χ4v) is 3.67. The first-order valence-electron chi connectivity index (χ1n) is 7.57. The molecule has 1 amide bonds. The smallest absolute Gasteiger partial charge is 0.227 e. The van der Waals surface area contributed by atoms with Crippen LogP contribution in [0.3, 0.4) is 0 Å². The Hall–Kier alpha value is -2.30. The molecule has 1 aromatic carbocycles. The van der Waals surface area contributed by atoms with E-state index < -0.39 is 0 Å². The van der Waals surface area contributed by atoms with E-state index in [1.807, 2.05) is 11.1 Å². The van der Waals surface area contributed by atoms with Gasteiger partial charge in [0.25, 0.3) is 0 Å². The molecule has 112 valence electrons. The van der Waals surface area contributed by atoms with Gasteiger partial charge < -0.3 is 4.90 Å². The molecule has 5 heteroatoms. The molecule has 1 fully saturated rings. The number of aromatic nitrogens is 2. The standard InChI is InChI=1S/C17H16FN3O/c18-12-3-1-11(2-4-12)7-17(22)21-13-5-6-16(21)14-9-19-10-20-15(14)8-13/h1-4,9-10,13,16H,5-8H2/t13-,16-/m0/s1. The van der Waals surface area contributed by atoms with E-state index in [-0.39, 0.29) is 23.8 Å². The highest BCUT2D eigenvalue weighted by atomic mass is 19.1. The van der Waals surface area contributed by atoms with E-state index in [1.54, 1.807) is 18.5 Å². The molecule has 2 aliphatic rings. The van der Waals surface area contributed by atoms with Gasteiger partial charge in [0.05, 0.1) is 18.2 Å². The molecule has 0 aliphatic carbocycles. The first-order valence-corrected chi connectivity index (χ1v) is 7.57. The first-order chi connectivity index (χ1) is 10.7. The van der Waals surface area contributed by atoms with Crippen molar-refractivity contribution in [2.75, 3.05) is 0 Å². The molecule has 0 unspecified atom stereocenters. The fraction of sp³-hybridized carbons (Fsp3) is 0.353. The zero-order chi connectivity index (χ0) is 15.1. The van der Waals surface area contributed by atoms with Gasteiger partial charge in [0.15, 0.2) is 0 Å². The van der Waals surface area contributed by atoms with Crippen LogP contribution in [-0.4, -0.2) is 26.8 Å². The molecule has 0 radical (unpaired) electrons. The highest BCUT2D eigenvalue weighted by Crippen LogP contribution is 2.42. The normalized spacial score (nSPS) is 22.5. The van der Waals surface area contributed by atoms with Crippen LogP contribution in [-0.2, 0) is 17.6 Å². The van der Waals surface area contributed by atoms with Crippen molar-refractivity contribution in [2.45, 2.75) is 37.8 Å². The molecule has 2 bridgehead atoms. The summed E-state index contributed by atoms with van der Waals surface area (Å²) in [5.41, 5.74) is 3.01. The minimum atomic E-state index is -0.277. The highest BCUT2D eigenvalue weighted by molar-refractivity contribution is 5.80. The van der Waals surface area contributed by atoms with Gasteiger partial charge in [-0.05, 0) is 30.5 Å². The average Bonchev–Trinajstić information content (AvgIpc) is 2.85. The second kappa shape index (κ2) is 5.16. The Morgan fingerprint density at radius 1 is 1.27 bits per heavy atom. The van der Waals surface area contributed by atoms with Crippen molar-refractivity contribution in [3.63, 3.8) is 0 Å². The van der Waals surface area contributed by atoms with Crippen LogP contribution in [0, 0.1) is 5.82 Å². The third-order valence-electron chi connectivity index (χ3n) is 4.67. The van der Waals surface area contributed by atoms with Crippen LogP contribution in [0.25, 0.3) is 0 Å². The number of halogens is 1. The molecule has 0 saturated carbocycles. The Balaban J connectivity index is 1.58. The van der Waals surface area contributed by atoms with E-state index >= 15 is 0 Å². The summed E-state index contributed by atoms with van der Waals surface area (Å²) in [7, 11) is 0. The topological polar surface area (TPSA) is 46.1 Å². The molecule has 2 aliphatic heterocycles. The van der Waals surface area contributed by atoms with Crippen molar-refractivity contribution in [2.24, 2.45) is 0 Å². The SMILES string of the molecule is O=C(Cc1ccc(F)cc1)N1[C@H]2CC[C@H]1c1cncnc1C2. The van der Waals surface area contributed by atoms with Gasteiger partial charge in [-0.15, -0.1) is 0 Å². The lowest BCUT2D eigenvalue weighted by atomic mass is 9.98. The average molecular weight is 297 g/mol. The Bertz CT molecular complexity index is 716. The van der Waals surface area contributed by atoms with Crippen molar-refractivity contribution < 1.29 is 9.18 Å². The molecule has 1 aromatic heterocycles. The van der Waals surface area contributed by atoms with Crippen molar-refractivity contribution in [1.82, 2.24) is 14.9 Å². The van der Waals surface area contributed by atoms with Gasteiger partial charge in [-0.3, -0.25) is 4.79 Å². The maximum Gasteiger partial charge on any atom is 0.227 e. The van der Waals surface area contributed by atoms with E-state index in [4.69, 9.17) is 0 Å². The quantitative estimate of drug-likeness (QED) is 0.855. The van der Waals surface area contributed by atoms with Gasteiger partial charge in [0.2, 0.25) is 5.91 Å². The summed E-state index contributed by atoms with van der Waals surface area (Å²) in [5, 5.41) is 0. The molecule has 3 heterocycles. The highest BCUT2D eigenvalue weighted by Gasteiger charge is 2.42. The van der Waals surface area contributed by atoms with Crippen LogP contribution >= 0.6 is 0 Å². The summed E-state index contributed by atoms with van der Waals surface area (Å²) in [4.78, 5) is 23.2. The first kappa shape index (κ1) is 13.4. The summed E-state index contributed by atoms with van der Waals surface area (Å²) in [6.07, 6.45) is 6.52. The predicted molar refractivity (Wildman–Crippen MR) is 78.4 cm³/mol. The van der Waals surface area contributed by atoms with Gasteiger partial charge in [0.1, 0.15) is 12.1 Å². The molecule has 2 aromatic rings. The van der Waals surface area contributed by atoms with Crippen LogP contribution in [0.2, 0.25) is 0 Å². The fourth-order valence-electron chi connectivity index (χ4n) is 3.67. The van der Waals surface area contributed by atoms with Crippen LogP contribution in [0.4, 0.5) is 4.39 Å². The van der Waals surface area contributed by atoms with Crippen LogP contribution in [0.5, 0.6) is 0 Å². The monoisotopic (exact) mass is 297 g/mol. The van der Waals surface area contributed by atoms with Gasteiger partial charge >= 0.3 is 0 Å². The molecule has 4 nitrogen and oxygen atoms in total. The lowest BCUT2D eigenvalue weighted by Crippen LogP contribution is -2.43. The van der Waals surface area contributed by atoms with Crippen LogP contribution in [0.1, 0.15) is 35.7 Å². The van der Waals surface area contributed by atoms with Crippen LogP contribution < -0.4 is 0 Å². The second-order valence-corrected chi connectivity index (χ2v) is 5.98. The minimum Gasteiger partial charge on any atom is -0.332 e. The number of benzene rings is 1. The van der Waals surface area contributed by atoms with Crippen LogP contribution in [0.15, 0.2) is 36.8 Å². The number of rotatable bonds is 2. The predicted octanol–water partition coefficient (Wildman–Crippen LogP) is 2.45. The number of hydrogen-bond donors (Lipinski definition) is 0. The zero-order valence-corrected chi connectivity index (χ0v) is 12.1. The van der Waals surface area contributed by atoms with Gasteiger partial charge in [0, 0.05) is 24.2 Å². The maximum atomic E-state index is 13.0. The molecule has 1 saturated heterocycles. The van der Waals surface area contributed by atoms with E-state index in [0.717, 1.165) is 36.1 Å². The van der Waals surface area contributed by atoms with Crippen molar-refractivity contribution in [3.05, 3.63) is 59.4 Å². The second-order valence-electron chi connectivity index (χ2n) is 5.98. The largest absolute Gasteiger partial charge is 0.332 e. The molecule has 0 N–H and O–H groups in total. The summed E-state index contributed by atoms with van der Waals surface area (Å²) in [5.74, 6) is -0.172. The van der Waals surface area contributed by atoms with E-state index in [1.165, 1.54) is 12.1 Å². The number of carbonyl (C=O) groups is 1. The lowest BCUT2D eigenvalue weighted by Gasteiger charge is -2.35. The third kappa shape index (κ3) is 2.17. The summed E-state index contributed by atoms with van der Waals surface area (Å²) < 4.78 is 13.0. The lowest BCUT2D eigenvalue weighted by molar-refractivity contribution is -0.134. The molecule has 4 rings (SSSR count). The van der Waals surface area contributed by atoms with Crippen molar-refractivity contribution >= 4 is 5.91 Å². The molecular weight excluding hydrogens is 281 g/mol. The maximum absolute atomic E-state index is 13.0. The van der Waals surface area contributed by atoms with Crippen molar-refractivity contribution in [1.29, 1.82) is 0 Å². The van der Waals surface area contributed by atoms with E-state index in [9.17, 15) is 9.18 Å². The number of fused-ring (bicyclic) bond motifs is 4. The van der Waals surface area contributed by atoms with Gasteiger partial charge in [-0.2, -0.15) is 0 Å². The van der Waals surface area contributed by atoms with Crippen molar-refractivity contribution in [3.8, 4) is 0 Å². The Labute approximate surface area is 128 Å². The third-order valence-corrected chi connectivity index (χ3v) is 4.67. The molecule has 2 atom stereocenters. The number of hydrogen-bond acceptors (Lipinski definition) is 3. The summed E-state index contributed by atoms with van der Waals surface area (Å²) in [6, 6.07) is 6.49. The minimum absolute atomic E-state index is 0.0999. The Kier molecular flexibility index (Phi) is 3.13. The van der Waals surface area contributed by atoms with Gasteiger partial charge in [-0.25, -0.2) is 14.4 Å². The van der Waals surface area contributed by atoms with E-state index in [2.05, 4.69) is 9.97 Å². The number of amides is 1. The zero-order valence-electron chi connectivity index (χ0n) is 12.1. The molecule has 0 spiro atoms.